The Bertz CT molecular complexity index is 402. The molecule has 92 valence electrons. The van der Waals surface area contributed by atoms with Crippen LogP contribution in [0.25, 0.3) is 0 Å². The van der Waals surface area contributed by atoms with Crippen molar-refractivity contribution < 1.29 is 14.6 Å². The summed E-state index contributed by atoms with van der Waals surface area (Å²) in [6.45, 7) is 4.64. The molecule has 0 amide bonds. The molecule has 1 saturated heterocycles. The van der Waals surface area contributed by atoms with Gasteiger partial charge in [0.15, 0.2) is 0 Å². The highest BCUT2D eigenvalue weighted by atomic mass is 16.5. The molecule has 1 aliphatic heterocycles. The highest BCUT2D eigenvalue weighted by molar-refractivity contribution is 5.78. The number of pyridine rings is 1. The third kappa shape index (κ3) is 2.55. The minimum atomic E-state index is -0.826. The number of aliphatic carboxylic acids is 1. The van der Waals surface area contributed by atoms with Gasteiger partial charge in [-0.2, -0.15) is 0 Å². The fraction of sp³-hybridized carbons (Fsp3) is 0.500. The van der Waals surface area contributed by atoms with Crippen molar-refractivity contribution in [3.8, 4) is 0 Å². The van der Waals surface area contributed by atoms with E-state index in [9.17, 15) is 4.79 Å². The van der Waals surface area contributed by atoms with Crippen LogP contribution < -0.4 is 4.90 Å². The summed E-state index contributed by atoms with van der Waals surface area (Å²) >= 11 is 0. The molecule has 17 heavy (non-hydrogen) atoms. The van der Waals surface area contributed by atoms with Crippen LogP contribution in [-0.4, -0.2) is 42.4 Å². The molecule has 1 atom stereocenters. The lowest BCUT2D eigenvalue weighted by molar-refractivity contribution is -0.138. The molecule has 0 spiro atoms. The number of anilines is 1. The van der Waals surface area contributed by atoms with Crippen LogP contribution in [-0.2, 0) is 9.53 Å². The third-order valence-electron chi connectivity index (χ3n) is 3.02. The second-order valence-electron chi connectivity index (χ2n) is 4.09. The summed E-state index contributed by atoms with van der Waals surface area (Å²) in [5, 5.41) is 9.09. The van der Waals surface area contributed by atoms with Crippen LogP contribution in [0.4, 0.5) is 5.69 Å². The molecule has 2 heterocycles. The van der Waals surface area contributed by atoms with E-state index in [2.05, 4.69) is 9.88 Å². The molecule has 2 rings (SSSR count). The first-order valence-electron chi connectivity index (χ1n) is 5.69. The molecule has 1 unspecified atom stereocenters. The highest BCUT2D eigenvalue weighted by Gasteiger charge is 2.21. The van der Waals surface area contributed by atoms with Crippen molar-refractivity contribution in [1.29, 1.82) is 0 Å². The lowest BCUT2D eigenvalue weighted by atomic mass is 10.0. The summed E-state index contributed by atoms with van der Waals surface area (Å²) in [6.07, 6.45) is 3.34. The van der Waals surface area contributed by atoms with Crippen molar-refractivity contribution in [1.82, 2.24) is 4.98 Å². The van der Waals surface area contributed by atoms with E-state index in [-0.39, 0.29) is 0 Å². The number of morpholine rings is 1. The van der Waals surface area contributed by atoms with Crippen LogP contribution >= 0.6 is 0 Å². The van der Waals surface area contributed by atoms with Gasteiger partial charge in [-0.05, 0) is 13.0 Å². The number of carboxylic acid groups (broad SMARTS) is 1. The van der Waals surface area contributed by atoms with Gasteiger partial charge in [-0.25, -0.2) is 0 Å². The van der Waals surface area contributed by atoms with Gasteiger partial charge in [-0.1, -0.05) is 0 Å². The van der Waals surface area contributed by atoms with Gasteiger partial charge in [0.1, 0.15) is 0 Å². The van der Waals surface area contributed by atoms with Gasteiger partial charge in [0.05, 0.1) is 19.1 Å². The molecule has 0 aromatic carbocycles. The third-order valence-corrected chi connectivity index (χ3v) is 3.02. The SMILES string of the molecule is CC(C(=O)O)c1cnccc1N1CCOCC1. The standard InChI is InChI=1S/C12H16N2O3/c1-9(12(15)16)10-8-13-3-2-11(10)14-4-6-17-7-5-14/h2-3,8-9H,4-7H2,1H3,(H,15,16). The largest absolute Gasteiger partial charge is 0.481 e. The molecule has 1 N–H and O–H groups in total. The number of carbonyl (C=O) groups is 1. The maximum Gasteiger partial charge on any atom is 0.310 e. The van der Waals surface area contributed by atoms with Crippen LogP contribution in [0, 0.1) is 0 Å². The minimum Gasteiger partial charge on any atom is -0.481 e. The molecule has 1 aromatic rings. The van der Waals surface area contributed by atoms with E-state index in [1.165, 1.54) is 0 Å². The zero-order chi connectivity index (χ0) is 12.3. The van der Waals surface area contributed by atoms with E-state index in [0.29, 0.717) is 13.2 Å². The monoisotopic (exact) mass is 236 g/mol. The molecular formula is C12H16N2O3. The Morgan fingerprint density at radius 3 is 2.88 bits per heavy atom. The first-order chi connectivity index (χ1) is 8.20. The summed E-state index contributed by atoms with van der Waals surface area (Å²) in [5.74, 6) is -1.37. The number of nitrogens with zero attached hydrogens (tertiary/aromatic N) is 2. The maximum atomic E-state index is 11.1. The van der Waals surface area contributed by atoms with Crippen molar-refractivity contribution in [2.45, 2.75) is 12.8 Å². The van der Waals surface area contributed by atoms with Gasteiger partial charge in [0.25, 0.3) is 0 Å². The van der Waals surface area contributed by atoms with Gasteiger partial charge in [-0.3, -0.25) is 9.78 Å². The fourth-order valence-electron chi connectivity index (χ4n) is 1.96. The summed E-state index contributed by atoms with van der Waals surface area (Å²) in [6, 6.07) is 1.88. The Balaban J connectivity index is 2.29. The Morgan fingerprint density at radius 2 is 2.24 bits per heavy atom. The number of hydrogen-bond donors (Lipinski definition) is 1. The number of carboxylic acids is 1. The molecule has 0 saturated carbocycles. The van der Waals surface area contributed by atoms with Crippen molar-refractivity contribution >= 4 is 11.7 Å². The quantitative estimate of drug-likeness (QED) is 0.851. The van der Waals surface area contributed by atoms with Crippen LogP contribution in [0.15, 0.2) is 18.5 Å². The second-order valence-corrected chi connectivity index (χ2v) is 4.09. The van der Waals surface area contributed by atoms with Gasteiger partial charge in [-0.15, -0.1) is 0 Å². The molecule has 1 aromatic heterocycles. The van der Waals surface area contributed by atoms with Gasteiger partial charge >= 0.3 is 5.97 Å². The summed E-state index contributed by atoms with van der Waals surface area (Å²) in [4.78, 5) is 17.2. The van der Waals surface area contributed by atoms with E-state index >= 15 is 0 Å². The van der Waals surface area contributed by atoms with Crippen molar-refractivity contribution in [3.05, 3.63) is 24.0 Å². The van der Waals surface area contributed by atoms with Gasteiger partial charge in [0.2, 0.25) is 0 Å². The average Bonchev–Trinajstić information content (AvgIpc) is 2.39. The topological polar surface area (TPSA) is 62.7 Å². The van der Waals surface area contributed by atoms with E-state index in [4.69, 9.17) is 9.84 Å². The molecule has 0 aliphatic carbocycles. The number of hydrogen-bond acceptors (Lipinski definition) is 4. The predicted octanol–water partition coefficient (Wildman–Crippen LogP) is 1.11. The second kappa shape index (κ2) is 5.14. The molecule has 5 nitrogen and oxygen atoms in total. The molecule has 1 aliphatic rings. The first-order valence-corrected chi connectivity index (χ1v) is 5.69. The summed E-state index contributed by atoms with van der Waals surface area (Å²) < 4.78 is 5.30. The minimum absolute atomic E-state index is 0.540. The van der Waals surface area contributed by atoms with E-state index in [0.717, 1.165) is 24.3 Å². The normalized spacial score (nSPS) is 17.8. The highest BCUT2D eigenvalue weighted by Crippen LogP contribution is 2.27. The van der Waals surface area contributed by atoms with Gasteiger partial charge in [0, 0.05) is 36.7 Å². The Hall–Kier alpha value is -1.62. The van der Waals surface area contributed by atoms with E-state index in [1.54, 1.807) is 19.3 Å². The van der Waals surface area contributed by atoms with Crippen LogP contribution in [0.1, 0.15) is 18.4 Å². The van der Waals surface area contributed by atoms with Crippen LogP contribution in [0.2, 0.25) is 0 Å². The molecule has 0 bridgehead atoms. The Morgan fingerprint density at radius 1 is 1.53 bits per heavy atom. The number of rotatable bonds is 3. The molecule has 5 heteroatoms. The lowest BCUT2D eigenvalue weighted by Crippen LogP contribution is -2.37. The summed E-state index contributed by atoms with van der Waals surface area (Å²) in [7, 11) is 0. The summed E-state index contributed by atoms with van der Waals surface area (Å²) in [5.41, 5.74) is 1.72. The Kier molecular flexibility index (Phi) is 3.58. The average molecular weight is 236 g/mol. The predicted molar refractivity (Wildman–Crippen MR) is 63.3 cm³/mol. The zero-order valence-corrected chi connectivity index (χ0v) is 9.80. The van der Waals surface area contributed by atoms with Crippen molar-refractivity contribution in [3.63, 3.8) is 0 Å². The smallest absolute Gasteiger partial charge is 0.310 e. The van der Waals surface area contributed by atoms with Crippen LogP contribution in [0.3, 0.4) is 0 Å². The lowest BCUT2D eigenvalue weighted by Gasteiger charge is -2.31. The fourth-order valence-corrected chi connectivity index (χ4v) is 1.96. The maximum absolute atomic E-state index is 11.1. The zero-order valence-electron chi connectivity index (χ0n) is 9.80. The van der Waals surface area contributed by atoms with Crippen molar-refractivity contribution in [2.75, 3.05) is 31.2 Å². The van der Waals surface area contributed by atoms with E-state index < -0.39 is 11.9 Å². The number of ether oxygens (including phenoxy) is 1. The van der Waals surface area contributed by atoms with E-state index in [1.807, 2.05) is 6.07 Å². The first kappa shape index (κ1) is 11.9. The Labute approximate surface area is 100 Å². The van der Waals surface area contributed by atoms with Crippen LogP contribution in [0.5, 0.6) is 0 Å². The molecule has 1 fully saturated rings. The van der Waals surface area contributed by atoms with Crippen molar-refractivity contribution in [2.24, 2.45) is 0 Å². The van der Waals surface area contributed by atoms with Gasteiger partial charge < -0.3 is 14.7 Å². The molecular weight excluding hydrogens is 220 g/mol. The number of aromatic nitrogens is 1. The molecule has 0 radical (unpaired) electrons.